The Morgan fingerprint density at radius 2 is 1.65 bits per heavy atom. The summed E-state index contributed by atoms with van der Waals surface area (Å²) in [4.78, 5) is 4.66. The normalized spacial score (nSPS) is 40.2. The van der Waals surface area contributed by atoms with Gasteiger partial charge in [-0.05, 0) is 68.6 Å². The van der Waals surface area contributed by atoms with E-state index in [1.54, 1.807) is 4.68 Å². The minimum atomic E-state index is 0.452. The third-order valence-corrected chi connectivity index (χ3v) is 6.46. The second-order valence-corrected chi connectivity index (χ2v) is 7.60. The summed E-state index contributed by atoms with van der Waals surface area (Å²) < 4.78 is 1.54. The maximum absolute atomic E-state index is 6.17. The molecule has 0 aromatic carbocycles. The van der Waals surface area contributed by atoms with E-state index >= 15 is 0 Å². The second kappa shape index (κ2) is 4.15. The van der Waals surface area contributed by atoms with Crippen molar-refractivity contribution in [2.75, 3.05) is 11.6 Å². The molecule has 1 heterocycles. The fourth-order valence-electron chi connectivity index (χ4n) is 5.88. The zero-order chi connectivity index (χ0) is 14.0. The Kier molecular flexibility index (Phi) is 2.60. The van der Waals surface area contributed by atoms with Gasteiger partial charge in [0.2, 0.25) is 0 Å². The van der Waals surface area contributed by atoms with Gasteiger partial charge in [0.15, 0.2) is 0 Å². The van der Waals surface area contributed by atoms with Crippen molar-refractivity contribution in [2.24, 2.45) is 29.6 Å². The van der Waals surface area contributed by atoms with Gasteiger partial charge in [-0.15, -0.1) is 0 Å². The predicted molar refractivity (Wildman–Crippen MR) is 80.5 cm³/mol. The molecule has 4 saturated carbocycles. The van der Waals surface area contributed by atoms with Gasteiger partial charge >= 0.3 is 0 Å². The van der Waals surface area contributed by atoms with Crippen LogP contribution < -0.4 is 11.6 Å². The Balaban J connectivity index is 1.65. The average molecular weight is 274 g/mol. The molecule has 20 heavy (non-hydrogen) atoms. The standard InChI is InChI=1S/C16H26N4/c1-8(15-16(17)20(18)9(2)19-15)14-12-4-10-3-11(6-12)7-13(14)5-10/h8,10-14H,3-7,17-18H2,1-2H3. The molecule has 1 aromatic heterocycles. The number of hydrogen-bond donors (Lipinski definition) is 2. The minimum Gasteiger partial charge on any atom is -0.382 e. The summed E-state index contributed by atoms with van der Waals surface area (Å²) in [6.07, 6.45) is 7.30. The third-order valence-electron chi connectivity index (χ3n) is 6.46. The highest BCUT2D eigenvalue weighted by atomic mass is 15.4. The van der Waals surface area contributed by atoms with E-state index in [4.69, 9.17) is 11.6 Å². The SMILES string of the molecule is Cc1nc(C(C)C2C3CC4CC(C3)CC2C4)c(N)n1N. The molecule has 4 aliphatic carbocycles. The highest BCUT2D eigenvalue weighted by Crippen LogP contribution is 2.59. The molecule has 4 aliphatic rings. The number of aromatic nitrogens is 2. The van der Waals surface area contributed by atoms with Gasteiger partial charge in [0.1, 0.15) is 11.6 Å². The number of rotatable bonds is 2. The van der Waals surface area contributed by atoms with E-state index in [0.29, 0.717) is 11.7 Å². The van der Waals surface area contributed by atoms with Crippen LogP contribution in [0.15, 0.2) is 0 Å². The zero-order valence-electron chi connectivity index (χ0n) is 12.5. The molecule has 4 bridgehead atoms. The van der Waals surface area contributed by atoms with E-state index < -0.39 is 0 Å². The highest BCUT2D eigenvalue weighted by Gasteiger charge is 2.50. The molecule has 4 N–H and O–H groups in total. The first-order valence-corrected chi connectivity index (χ1v) is 8.14. The van der Waals surface area contributed by atoms with Gasteiger partial charge in [0.05, 0.1) is 5.69 Å². The van der Waals surface area contributed by atoms with Crippen LogP contribution in [-0.2, 0) is 0 Å². The molecule has 0 amide bonds. The second-order valence-electron chi connectivity index (χ2n) is 7.60. The van der Waals surface area contributed by atoms with Crippen LogP contribution in [0.5, 0.6) is 0 Å². The summed E-state index contributed by atoms with van der Waals surface area (Å²) in [5.74, 6) is 12.5. The molecular formula is C16H26N4. The van der Waals surface area contributed by atoms with Crippen LogP contribution in [0.2, 0.25) is 0 Å². The minimum absolute atomic E-state index is 0.452. The summed E-state index contributed by atoms with van der Waals surface area (Å²) in [6.45, 7) is 4.26. The van der Waals surface area contributed by atoms with Crippen molar-refractivity contribution in [2.45, 2.75) is 51.9 Å². The fourth-order valence-corrected chi connectivity index (χ4v) is 5.88. The third kappa shape index (κ3) is 1.63. The van der Waals surface area contributed by atoms with Crippen LogP contribution in [0.3, 0.4) is 0 Å². The van der Waals surface area contributed by atoms with Crippen molar-refractivity contribution < 1.29 is 0 Å². The van der Waals surface area contributed by atoms with Crippen LogP contribution in [0, 0.1) is 36.5 Å². The summed E-state index contributed by atoms with van der Waals surface area (Å²) in [5.41, 5.74) is 7.22. The Morgan fingerprint density at radius 3 is 2.10 bits per heavy atom. The molecule has 1 aromatic rings. The first kappa shape index (κ1) is 12.5. The van der Waals surface area contributed by atoms with Crippen LogP contribution in [0.1, 0.15) is 56.5 Å². The van der Waals surface area contributed by atoms with Crippen molar-refractivity contribution in [3.63, 3.8) is 0 Å². The van der Waals surface area contributed by atoms with E-state index in [0.717, 1.165) is 41.1 Å². The summed E-state index contributed by atoms with van der Waals surface area (Å²) >= 11 is 0. The molecule has 4 fully saturated rings. The predicted octanol–water partition coefficient (Wildman–Crippen LogP) is 2.66. The number of hydrogen-bond acceptors (Lipinski definition) is 3. The van der Waals surface area contributed by atoms with Crippen LogP contribution >= 0.6 is 0 Å². The molecule has 0 aliphatic heterocycles. The van der Waals surface area contributed by atoms with Gasteiger partial charge in [-0.25, -0.2) is 9.66 Å². The van der Waals surface area contributed by atoms with Gasteiger partial charge in [0.25, 0.3) is 0 Å². The Morgan fingerprint density at radius 1 is 1.10 bits per heavy atom. The monoisotopic (exact) mass is 274 g/mol. The molecule has 1 unspecified atom stereocenters. The molecule has 0 radical (unpaired) electrons. The highest BCUT2D eigenvalue weighted by molar-refractivity contribution is 5.41. The largest absolute Gasteiger partial charge is 0.382 e. The lowest BCUT2D eigenvalue weighted by atomic mass is 9.49. The Bertz CT molecular complexity index is 505. The maximum atomic E-state index is 6.17. The molecule has 1 atom stereocenters. The summed E-state index contributed by atoms with van der Waals surface area (Å²) in [5, 5.41) is 0. The van der Waals surface area contributed by atoms with E-state index in [9.17, 15) is 0 Å². The smallest absolute Gasteiger partial charge is 0.146 e. The van der Waals surface area contributed by atoms with Crippen molar-refractivity contribution in [3.05, 3.63) is 11.5 Å². The molecule has 5 rings (SSSR count). The van der Waals surface area contributed by atoms with Gasteiger partial charge in [-0.1, -0.05) is 6.92 Å². The fraction of sp³-hybridized carbons (Fsp3) is 0.812. The zero-order valence-corrected chi connectivity index (χ0v) is 12.5. The summed E-state index contributed by atoms with van der Waals surface area (Å²) in [7, 11) is 0. The van der Waals surface area contributed by atoms with Crippen LogP contribution in [-0.4, -0.2) is 9.66 Å². The van der Waals surface area contributed by atoms with E-state index in [1.165, 1.54) is 32.1 Å². The van der Waals surface area contributed by atoms with E-state index in [-0.39, 0.29) is 0 Å². The lowest BCUT2D eigenvalue weighted by Crippen LogP contribution is -2.46. The van der Waals surface area contributed by atoms with Crippen LogP contribution in [0.25, 0.3) is 0 Å². The van der Waals surface area contributed by atoms with Gasteiger partial charge in [0, 0.05) is 5.92 Å². The van der Waals surface area contributed by atoms with Crippen molar-refractivity contribution in [1.82, 2.24) is 9.66 Å². The topological polar surface area (TPSA) is 69.9 Å². The van der Waals surface area contributed by atoms with Crippen LogP contribution in [0.4, 0.5) is 5.82 Å². The van der Waals surface area contributed by atoms with Crippen molar-refractivity contribution in [3.8, 4) is 0 Å². The quantitative estimate of drug-likeness (QED) is 0.815. The molecule has 110 valence electrons. The summed E-state index contributed by atoms with van der Waals surface area (Å²) in [6, 6.07) is 0. The van der Waals surface area contributed by atoms with Crippen molar-refractivity contribution >= 4 is 5.82 Å². The molecular weight excluding hydrogens is 248 g/mol. The lowest BCUT2D eigenvalue weighted by molar-refractivity contribution is -0.0459. The molecule has 4 heteroatoms. The number of nitrogen functional groups attached to an aromatic ring is 2. The van der Waals surface area contributed by atoms with Gasteiger partial charge in [-0.2, -0.15) is 0 Å². The number of nitrogens with zero attached hydrogens (tertiary/aromatic N) is 2. The number of aryl methyl sites for hydroxylation is 1. The maximum Gasteiger partial charge on any atom is 0.146 e. The molecule has 0 saturated heterocycles. The van der Waals surface area contributed by atoms with E-state index in [1.807, 2.05) is 6.92 Å². The number of nitrogens with two attached hydrogens (primary N) is 2. The number of imidazole rings is 1. The lowest BCUT2D eigenvalue weighted by Gasteiger charge is -2.56. The van der Waals surface area contributed by atoms with Crippen molar-refractivity contribution in [1.29, 1.82) is 0 Å². The molecule has 4 nitrogen and oxygen atoms in total. The first-order chi connectivity index (χ1) is 9.54. The average Bonchev–Trinajstić information content (AvgIpc) is 2.65. The Hall–Kier alpha value is -1.19. The van der Waals surface area contributed by atoms with Gasteiger partial charge in [-0.3, -0.25) is 0 Å². The van der Waals surface area contributed by atoms with Gasteiger partial charge < -0.3 is 11.6 Å². The number of anilines is 1. The first-order valence-electron chi connectivity index (χ1n) is 8.14. The Labute approximate surface area is 120 Å². The van der Waals surface area contributed by atoms with E-state index in [2.05, 4.69) is 11.9 Å². The molecule has 0 spiro atoms.